The highest BCUT2D eigenvalue weighted by atomic mass is 79.9. The van der Waals surface area contributed by atoms with Gasteiger partial charge in [0.1, 0.15) is 4.60 Å². The van der Waals surface area contributed by atoms with E-state index in [4.69, 9.17) is 0 Å². The van der Waals surface area contributed by atoms with Crippen LogP contribution in [0.15, 0.2) is 35.0 Å². The van der Waals surface area contributed by atoms with Gasteiger partial charge in [-0.2, -0.15) is 0 Å². The number of rotatable bonds is 6. The van der Waals surface area contributed by atoms with E-state index in [9.17, 15) is 14.9 Å². The first-order chi connectivity index (χ1) is 8.93. The van der Waals surface area contributed by atoms with E-state index in [0.29, 0.717) is 11.0 Å². The number of pyridine rings is 1. The predicted molar refractivity (Wildman–Crippen MR) is 72.3 cm³/mol. The Morgan fingerprint density at radius 2 is 2.21 bits per heavy atom. The molecule has 0 N–H and O–H groups in total. The fourth-order valence-corrected chi connectivity index (χ4v) is 1.64. The van der Waals surface area contributed by atoms with Gasteiger partial charge in [0.2, 0.25) is 6.41 Å². The minimum absolute atomic E-state index is 0.197. The third-order valence-corrected chi connectivity index (χ3v) is 2.71. The number of hydrogen-bond acceptors (Lipinski definition) is 5. The van der Waals surface area contributed by atoms with Crippen LogP contribution in [0.3, 0.4) is 0 Å². The molecule has 0 aromatic carbocycles. The quantitative estimate of drug-likeness (QED) is 0.341. The standard InChI is InChI=1S/C11H13BrN4O3/c1-14(2)11(7-16(18)19)15(8-17)6-9-3-4-10(12)13-5-9/h3-5,7-8H,6H2,1-2H3/b11-7+. The van der Waals surface area contributed by atoms with E-state index < -0.39 is 4.92 Å². The van der Waals surface area contributed by atoms with Crippen LogP contribution in [0.25, 0.3) is 0 Å². The summed E-state index contributed by atoms with van der Waals surface area (Å²) in [5.41, 5.74) is 0.770. The molecule has 0 aliphatic carbocycles. The van der Waals surface area contributed by atoms with Crippen molar-refractivity contribution in [2.45, 2.75) is 6.54 Å². The summed E-state index contributed by atoms with van der Waals surface area (Å²) in [5, 5.41) is 10.6. The molecule has 7 nitrogen and oxygen atoms in total. The first kappa shape index (κ1) is 15.1. The molecule has 0 saturated heterocycles. The summed E-state index contributed by atoms with van der Waals surface area (Å²) in [6.45, 7) is 0.210. The summed E-state index contributed by atoms with van der Waals surface area (Å²) in [7, 11) is 3.26. The first-order valence-electron chi connectivity index (χ1n) is 5.29. The maximum Gasteiger partial charge on any atom is 0.274 e. The van der Waals surface area contributed by atoms with E-state index in [0.717, 1.165) is 11.8 Å². The lowest BCUT2D eigenvalue weighted by molar-refractivity contribution is -0.405. The third-order valence-electron chi connectivity index (χ3n) is 2.24. The molecule has 0 fully saturated rings. The Balaban J connectivity index is 2.95. The molecular formula is C11H13BrN4O3. The molecule has 0 bridgehead atoms. The van der Waals surface area contributed by atoms with Crippen LogP contribution in [0.1, 0.15) is 5.56 Å². The van der Waals surface area contributed by atoms with Crippen molar-refractivity contribution in [2.24, 2.45) is 0 Å². The number of nitrogens with zero attached hydrogens (tertiary/aromatic N) is 4. The number of hydrogen-bond donors (Lipinski definition) is 0. The van der Waals surface area contributed by atoms with E-state index >= 15 is 0 Å². The smallest absolute Gasteiger partial charge is 0.274 e. The Hall–Kier alpha value is -1.96. The van der Waals surface area contributed by atoms with Crippen LogP contribution in [0.5, 0.6) is 0 Å². The summed E-state index contributed by atoms with van der Waals surface area (Å²) < 4.78 is 0.683. The second-order valence-electron chi connectivity index (χ2n) is 3.89. The molecule has 8 heteroatoms. The molecule has 0 saturated carbocycles. The molecule has 1 aromatic heterocycles. The fourth-order valence-electron chi connectivity index (χ4n) is 1.41. The van der Waals surface area contributed by atoms with E-state index in [1.165, 1.54) is 9.80 Å². The summed E-state index contributed by atoms with van der Waals surface area (Å²) >= 11 is 3.21. The highest BCUT2D eigenvalue weighted by Crippen LogP contribution is 2.12. The second-order valence-corrected chi connectivity index (χ2v) is 4.70. The first-order valence-corrected chi connectivity index (χ1v) is 6.08. The molecular weight excluding hydrogens is 316 g/mol. The van der Waals surface area contributed by atoms with Gasteiger partial charge in [-0.3, -0.25) is 19.8 Å². The summed E-state index contributed by atoms with van der Waals surface area (Å²) in [4.78, 5) is 27.9. The van der Waals surface area contributed by atoms with Crippen LogP contribution in [0.2, 0.25) is 0 Å². The SMILES string of the molecule is CN(C)/C(=C\[N+](=O)[O-])N(C=O)Cc1ccc(Br)nc1. The molecule has 0 aliphatic heterocycles. The molecule has 0 atom stereocenters. The highest BCUT2D eigenvalue weighted by molar-refractivity contribution is 9.10. The summed E-state index contributed by atoms with van der Waals surface area (Å²) in [5.74, 6) is 0.197. The van der Waals surface area contributed by atoms with Gasteiger partial charge in [-0.15, -0.1) is 0 Å². The van der Waals surface area contributed by atoms with Crippen molar-refractivity contribution in [3.63, 3.8) is 0 Å². The van der Waals surface area contributed by atoms with Crippen molar-refractivity contribution in [2.75, 3.05) is 14.1 Å². The fraction of sp³-hybridized carbons (Fsp3) is 0.273. The lowest BCUT2D eigenvalue weighted by atomic mass is 10.3. The number of carbonyl (C=O) groups is 1. The summed E-state index contributed by atoms with van der Waals surface area (Å²) in [6.07, 6.45) is 2.94. The Kier molecular flexibility index (Phi) is 5.43. The van der Waals surface area contributed by atoms with Crippen LogP contribution in [-0.2, 0) is 11.3 Å². The van der Waals surface area contributed by atoms with Gasteiger partial charge >= 0.3 is 0 Å². The van der Waals surface area contributed by atoms with E-state index in [1.54, 1.807) is 32.4 Å². The molecule has 0 radical (unpaired) electrons. The molecule has 0 spiro atoms. The predicted octanol–water partition coefficient (Wildman–Crippen LogP) is 1.44. The van der Waals surface area contributed by atoms with E-state index in [1.807, 2.05) is 0 Å². The maximum absolute atomic E-state index is 11.1. The molecule has 1 amide bonds. The van der Waals surface area contributed by atoms with Crippen LogP contribution in [0.4, 0.5) is 0 Å². The molecule has 1 rings (SSSR count). The lowest BCUT2D eigenvalue weighted by Gasteiger charge is -2.24. The van der Waals surface area contributed by atoms with Crippen molar-refractivity contribution in [3.8, 4) is 0 Å². The van der Waals surface area contributed by atoms with E-state index in [-0.39, 0.29) is 12.4 Å². The second kappa shape index (κ2) is 6.83. The highest BCUT2D eigenvalue weighted by Gasteiger charge is 2.15. The topological polar surface area (TPSA) is 79.6 Å². The largest absolute Gasteiger partial charge is 0.359 e. The number of nitro groups is 1. The van der Waals surface area contributed by atoms with Crippen molar-refractivity contribution in [3.05, 3.63) is 50.6 Å². The number of halogens is 1. The van der Waals surface area contributed by atoms with Crippen molar-refractivity contribution in [1.82, 2.24) is 14.8 Å². The van der Waals surface area contributed by atoms with Gasteiger partial charge in [-0.1, -0.05) is 6.07 Å². The van der Waals surface area contributed by atoms with Gasteiger partial charge in [0, 0.05) is 20.3 Å². The Morgan fingerprint density at radius 3 is 2.63 bits per heavy atom. The van der Waals surface area contributed by atoms with Gasteiger partial charge in [-0.05, 0) is 27.6 Å². The van der Waals surface area contributed by atoms with Gasteiger partial charge < -0.3 is 4.90 Å². The molecule has 102 valence electrons. The zero-order chi connectivity index (χ0) is 14.4. The number of carbonyl (C=O) groups excluding carboxylic acids is 1. The average Bonchev–Trinajstić information content (AvgIpc) is 2.35. The summed E-state index contributed by atoms with van der Waals surface area (Å²) in [6, 6.07) is 3.53. The van der Waals surface area contributed by atoms with Crippen LogP contribution >= 0.6 is 15.9 Å². The maximum atomic E-state index is 11.1. The Bertz CT molecular complexity index is 487. The van der Waals surface area contributed by atoms with Crippen molar-refractivity contribution >= 4 is 22.3 Å². The number of amides is 1. The van der Waals surface area contributed by atoms with E-state index in [2.05, 4.69) is 20.9 Å². The van der Waals surface area contributed by atoms with Gasteiger partial charge in [0.05, 0.1) is 11.5 Å². The zero-order valence-corrected chi connectivity index (χ0v) is 12.1. The van der Waals surface area contributed by atoms with Gasteiger partial charge in [-0.25, -0.2) is 4.98 Å². The van der Waals surface area contributed by atoms with Crippen LogP contribution in [0, 0.1) is 10.1 Å². The molecule has 0 unspecified atom stereocenters. The van der Waals surface area contributed by atoms with Crippen molar-refractivity contribution in [1.29, 1.82) is 0 Å². The molecule has 0 aliphatic rings. The van der Waals surface area contributed by atoms with Gasteiger partial charge in [0.15, 0.2) is 5.82 Å². The van der Waals surface area contributed by atoms with Crippen LogP contribution < -0.4 is 0 Å². The monoisotopic (exact) mass is 328 g/mol. The number of aromatic nitrogens is 1. The molecule has 1 aromatic rings. The Labute approximate surface area is 118 Å². The van der Waals surface area contributed by atoms with Crippen molar-refractivity contribution < 1.29 is 9.72 Å². The average molecular weight is 329 g/mol. The lowest BCUT2D eigenvalue weighted by Crippen LogP contribution is -2.30. The van der Waals surface area contributed by atoms with Crippen LogP contribution in [-0.4, -0.2) is 40.2 Å². The third kappa shape index (κ3) is 4.66. The van der Waals surface area contributed by atoms with Gasteiger partial charge in [0.25, 0.3) is 6.20 Å². The zero-order valence-electron chi connectivity index (χ0n) is 10.5. The minimum Gasteiger partial charge on any atom is -0.359 e. The molecule has 19 heavy (non-hydrogen) atoms. The Morgan fingerprint density at radius 1 is 1.53 bits per heavy atom. The normalized spacial score (nSPS) is 11.0. The minimum atomic E-state index is -0.592. The molecule has 1 heterocycles.